The first-order chi connectivity index (χ1) is 13.3. The molecule has 1 aliphatic heterocycles. The fourth-order valence-electron chi connectivity index (χ4n) is 3.34. The lowest BCUT2D eigenvalue weighted by Crippen LogP contribution is -2.46. The van der Waals surface area contributed by atoms with Crippen molar-refractivity contribution < 1.29 is 4.74 Å². The van der Waals surface area contributed by atoms with Crippen LogP contribution in [0.25, 0.3) is 0 Å². The van der Waals surface area contributed by atoms with Crippen LogP contribution in [-0.2, 0) is 6.54 Å². The molecule has 1 heterocycles. The van der Waals surface area contributed by atoms with E-state index in [2.05, 4.69) is 40.3 Å². The summed E-state index contributed by atoms with van der Waals surface area (Å²) in [6.45, 7) is 14.0. The van der Waals surface area contributed by atoms with Crippen molar-refractivity contribution in [2.75, 3.05) is 59.5 Å². The van der Waals surface area contributed by atoms with Crippen LogP contribution in [0.1, 0.15) is 32.3 Å². The first-order valence-corrected chi connectivity index (χ1v) is 10.4. The van der Waals surface area contributed by atoms with Gasteiger partial charge in [-0.3, -0.25) is 0 Å². The molecular weight excluding hydrogens is 465 g/mol. The van der Waals surface area contributed by atoms with E-state index in [1.165, 1.54) is 45.7 Å². The van der Waals surface area contributed by atoms with E-state index in [1.807, 2.05) is 18.2 Å². The fourth-order valence-corrected chi connectivity index (χ4v) is 3.34. The average Bonchev–Trinajstić information content (AvgIpc) is 2.72. The minimum Gasteiger partial charge on any atom is -0.496 e. The van der Waals surface area contributed by atoms with Crippen LogP contribution in [0.5, 0.6) is 5.75 Å². The number of rotatable bonds is 10. The zero-order valence-electron chi connectivity index (χ0n) is 17.7. The Morgan fingerprint density at radius 3 is 2.43 bits per heavy atom. The Hall–Kier alpha value is -1.06. The van der Waals surface area contributed by atoms with Gasteiger partial charge < -0.3 is 25.2 Å². The molecular formula is C21H38IN5O. The molecule has 160 valence electrons. The second-order valence-corrected chi connectivity index (χ2v) is 6.92. The Labute approximate surface area is 188 Å². The van der Waals surface area contributed by atoms with E-state index < -0.39 is 0 Å². The van der Waals surface area contributed by atoms with Gasteiger partial charge in [-0.2, -0.15) is 0 Å². The highest BCUT2D eigenvalue weighted by Crippen LogP contribution is 2.17. The molecule has 0 atom stereocenters. The lowest BCUT2D eigenvalue weighted by molar-refractivity contribution is 0.136. The van der Waals surface area contributed by atoms with Crippen molar-refractivity contribution in [3.05, 3.63) is 29.8 Å². The maximum absolute atomic E-state index is 5.40. The molecule has 0 aliphatic carbocycles. The lowest BCUT2D eigenvalue weighted by atomic mass is 10.2. The van der Waals surface area contributed by atoms with Crippen molar-refractivity contribution in [1.82, 2.24) is 20.4 Å². The van der Waals surface area contributed by atoms with Gasteiger partial charge in [0, 0.05) is 44.8 Å². The van der Waals surface area contributed by atoms with Crippen LogP contribution in [0.15, 0.2) is 29.3 Å². The molecule has 0 spiro atoms. The van der Waals surface area contributed by atoms with Crippen LogP contribution in [0.4, 0.5) is 0 Å². The second-order valence-electron chi connectivity index (χ2n) is 6.92. The van der Waals surface area contributed by atoms with Crippen LogP contribution in [0, 0.1) is 0 Å². The van der Waals surface area contributed by atoms with Gasteiger partial charge in [-0.1, -0.05) is 25.1 Å². The van der Waals surface area contributed by atoms with Crippen molar-refractivity contribution in [1.29, 1.82) is 0 Å². The minimum atomic E-state index is 0. The number of hydrogen-bond acceptors (Lipinski definition) is 4. The third-order valence-corrected chi connectivity index (χ3v) is 5.05. The molecule has 0 bridgehead atoms. The summed E-state index contributed by atoms with van der Waals surface area (Å²) in [6, 6.07) is 8.04. The molecule has 2 rings (SSSR count). The number of piperazine rings is 1. The van der Waals surface area contributed by atoms with E-state index in [1.54, 1.807) is 7.11 Å². The number of nitrogens with zero attached hydrogens (tertiary/aromatic N) is 3. The Morgan fingerprint density at radius 2 is 1.75 bits per heavy atom. The van der Waals surface area contributed by atoms with Gasteiger partial charge in [0.15, 0.2) is 5.96 Å². The summed E-state index contributed by atoms with van der Waals surface area (Å²) in [5.74, 6) is 1.76. The largest absolute Gasteiger partial charge is 0.496 e. The summed E-state index contributed by atoms with van der Waals surface area (Å²) in [5.41, 5.74) is 1.10. The number of aliphatic imine (C=N–C) groups is 1. The molecule has 0 radical (unpaired) electrons. The van der Waals surface area contributed by atoms with Crippen LogP contribution >= 0.6 is 24.0 Å². The first-order valence-electron chi connectivity index (χ1n) is 10.4. The normalized spacial score (nSPS) is 15.8. The molecule has 1 aromatic carbocycles. The highest BCUT2D eigenvalue weighted by molar-refractivity contribution is 14.0. The number of methoxy groups -OCH3 is 1. The van der Waals surface area contributed by atoms with Gasteiger partial charge in [-0.05, 0) is 38.9 Å². The molecule has 28 heavy (non-hydrogen) atoms. The van der Waals surface area contributed by atoms with Crippen molar-refractivity contribution >= 4 is 29.9 Å². The van der Waals surface area contributed by atoms with Crippen LogP contribution in [0.3, 0.4) is 0 Å². The van der Waals surface area contributed by atoms with Crippen LogP contribution < -0.4 is 15.4 Å². The monoisotopic (exact) mass is 503 g/mol. The number of unbranched alkanes of at least 4 members (excludes halogenated alkanes) is 1. The molecule has 1 fully saturated rings. The van der Waals surface area contributed by atoms with Gasteiger partial charge in [0.25, 0.3) is 0 Å². The van der Waals surface area contributed by atoms with Gasteiger partial charge >= 0.3 is 0 Å². The highest BCUT2D eigenvalue weighted by Gasteiger charge is 2.14. The van der Waals surface area contributed by atoms with Crippen molar-refractivity contribution in [2.24, 2.45) is 4.99 Å². The fraction of sp³-hybridized carbons (Fsp3) is 0.667. The summed E-state index contributed by atoms with van der Waals surface area (Å²) >= 11 is 0. The maximum Gasteiger partial charge on any atom is 0.191 e. The standard InChI is InChI=1S/C21H37N5O.HI/c1-4-22-21(24-18-19-10-6-7-11-20(19)27-3)23-12-8-9-13-26-16-14-25(5-2)15-17-26;/h6-7,10-11H,4-5,8-9,12-18H2,1-3H3,(H2,22,23,24);1H. The zero-order valence-corrected chi connectivity index (χ0v) is 20.1. The summed E-state index contributed by atoms with van der Waals surface area (Å²) in [7, 11) is 1.70. The summed E-state index contributed by atoms with van der Waals surface area (Å²) in [4.78, 5) is 9.81. The van der Waals surface area contributed by atoms with Crippen molar-refractivity contribution in [3.8, 4) is 5.75 Å². The van der Waals surface area contributed by atoms with E-state index in [0.717, 1.165) is 36.8 Å². The number of likely N-dealkylation sites (N-methyl/N-ethyl adjacent to an activating group) is 1. The number of halogens is 1. The topological polar surface area (TPSA) is 52.1 Å². The lowest BCUT2D eigenvalue weighted by Gasteiger charge is -2.34. The number of guanidine groups is 1. The smallest absolute Gasteiger partial charge is 0.191 e. The quantitative estimate of drug-likeness (QED) is 0.223. The average molecular weight is 503 g/mol. The van der Waals surface area contributed by atoms with E-state index in [0.29, 0.717) is 6.54 Å². The van der Waals surface area contributed by atoms with E-state index in [4.69, 9.17) is 9.73 Å². The van der Waals surface area contributed by atoms with Crippen LogP contribution in [-0.4, -0.2) is 75.2 Å². The number of ether oxygens (including phenoxy) is 1. The second kappa shape index (κ2) is 14.9. The maximum atomic E-state index is 5.40. The van der Waals surface area contributed by atoms with Gasteiger partial charge in [0.2, 0.25) is 0 Å². The zero-order chi connectivity index (χ0) is 19.3. The van der Waals surface area contributed by atoms with E-state index in [-0.39, 0.29) is 24.0 Å². The van der Waals surface area contributed by atoms with Crippen LogP contribution in [0.2, 0.25) is 0 Å². The predicted molar refractivity (Wildman–Crippen MR) is 129 cm³/mol. The van der Waals surface area contributed by atoms with Gasteiger partial charge in [-0.25, -0.2) is 4.99 Å². The van der Waals surface area contributed by atoms with Gasteiger partial charge in [0.05, 0.1) is 13.7 Å². The predicted octanol–water partition coefficient (Wildman–Crippen LogP) is 2.79. The SMILES string of the molecule is CCNC(=NCc1ccccc1OC)NCCCCN1CCN(CC)CC1.I. The first kappa shape index (κ1) is 25.0. The van der Waals surface area contributed by atoms with E-state index in [9.17, 15) is 0 Å². The number of nitrogens with one attached hydrogen (secondary N) is 2. The Balaban J connectivity index is 0.00000392. The molecule has 2 N–H and O–H groups in total. The Bertz CT molecular complexity index is 561. The summed E-state index contributed by atoms with van der Waals surface area (Å²) < 4.78 is 5.40. The molecule has 7 heteroatoms. The molecule has 0 saturated carbocycles. The van der Waals surface area contributed by atoms with Crippen molar-refractivity contribution in [3.63, 3.8) is 0 Å². The number of hydrogen-bond donors (Lipinski definition) is 2. The highest BCUT2D eigenvalue weighted by atomic mass is 127. The Morgan fingerprint density at radius 1 is 1.04 bits per heavy atom. The number of benzene rings is 1. The summed E-state index contributed by atoms with van der Waals surface area (Å²) in [6.07, 6.45) is 2.39. The minimum absolute atomic E-state index is 0. The molecule has 0 aromatic heterocycles. The molecule has 1 saturated heterocycles. The van der Waals surface area contributed by atoms with E-state index >= 15 is 0 Å². The molecule has 1 aliphatic rings. The molecule has 1 aromatic rings. The third kappa shape index (κ3) is 8.96. The molecule has 0 amide bonds. The number of para-hydroxylation sites is 1. The van der Waals surface area contributed by atoms with Gasteiger partial charge in [-0.15, -0.1) is 24.0 Å². The summed E-state index contributed by atoms with van der Waals surface area (Å²) in [5, 5.41) is 6.78. The van der Waals surface area contributed by atoms with Crippen molar-refractivity contribution in [2.45, 2.75) is 33.2 Å². The molecule has 6 nitrogen and oxygen atoms in total. The Kier molecular flexibility index (Phi) is 13.3. The third-order valence-electron chi connectivity index (χ3n) is 5.05. The molecule has 0 unspecified atom stereocenters. The van der Waals surface area contributed by atoms with Gasteiger partial charge in [0.1, 0.15) is 5.75 Å².